The van der Waals surface area contributed by atoms with Crippen molar-refractivity contribution in [3.63, 3.8) is 0 Å². The number of benzene rings is 6. The fourth-order valence-electron chi connectivity index (χ4n) is 8.89. The van der Waals surface area contributed by atoms with Gasteiger partial charge in [-0.25, -0.2) is 0 Å². The number of fused-ring (bicyclic) bond motifs is 3. The molecule has 3 aliphatic rings. The van der Waals surface area contributed by atoms with Crippen LogP contribution >= 0.6 is 0 Å². The third-order valence-electron chi connectivity index (χ3n) is 11.8. The number of rotatable bonds is 5. The lowest BCUT2D eigenvalue weighted by Gasteiger charge is -2.42. The van der Waals surface area contributed by atoms with Crippen molar-refractivity contribution < 1.29 is 90.8 Å². The van der Waals surface area contributed by atoms with Crippen LogP contribution in [-0.2, 0) is 6.42 Å². The maximum Gasteiger partial charge on any atom is 0.200 e. The lowest BCUT2D eigenvalue weighted by Crippen LogP contribution is -2.38. The summed E-state index contributed by atoms with van der Waals surface area (Å²) < 4.78 is 18.7. The first-order chi connectivity index (χ1) is 29.9. The molecule has 15 N–H and O–H groups in total. The molecule has 0 aliphatic carbocycles. The summed E-state index contributed by atoms with van der Waals surface area (Å²) in [6.45, 7) is 0. The first-order valence-electron chi connectivity index (χ1n) is 19.3. The molecule has 18 nitrogen and oxygen atoms in total. The van der Waals surface area contributed by atoms with Gasteiger partial charge in [-0.2, -0.15) is 0 Å². The molecule has 0 saturated heterocycles. The molecule has 63 heavy (non-hydrogen) atoms. The highest BCUT2D eigenvalue weighted by Gasteiger charge is 2.49. The Morgan fingerprint density at radius 2 is 0.857 bits per heavy atom. The SMILES string of the molecule is Oc1ccc2c(c1)OC(c1cc(O)c(O)c(O)c1)C(O)C2c1c(O)c2c(c(C3c4ccc(O)cc4OC(c4cc(O)c(O)c(O)c4)C3O)c1O)OC(c1ccc(O)c(O)c1)C(O)C2. The summed E-state index contributed by atoms with van der Waals surface area (Å²) in [5.74, 6) is -11.6. The van der Waals surface area contributed by atoms with Crippen LogP contribution in [0.3, 0.4) is 0 Å². The maximum atomic E-state index is 12.9. The van der Waals surface area contributed by atoms with Crippen LogP contribution in [0.15, 0.2) is 78.9 Å². The van der Waals surface area contributed by atoms with Crippen LogP contribution in [0.4, 0.5) is 0 Å². The van der Waals surface area contributed by atoms with Gasteiger partial charge in [0.25, 0.3) is 0 Å². The molecule has 3 aliphatic heterocycles. The van der Waals surface area contributed by atoms with Crippen LogP contribution in [0.1, 0.15) is 74.7 Å². The van der Waals surface area contributed by atoms with E-state index in [1.54, 1.807) is 0 Å². The van der Waals surface area contributed by atoms with E-state index in [9.17, 15) is 76.6 Å². The van der Waals surface area contributed by atoms with Crippen LogP contribution in [0.5, 0.6) is 86.2 Å². The number of phenolic OH excluding ortho intramolecular Hbond substituents is 12. The standard InChI is InChI=1S/C45H38O18/c46-18-2-4-20-30(12-18)61-43(16-8-25(50)37(56)26(51)9-16)40(59)32(20)34-36(55)22-14-29(54)42(15-1-6-23(48)24(49)7-15)63-45(22)35(39(34)58)33-21-5-3-19(47)13-31(21)62-44(41(33)60)17-10-27(52)38(57)28(53)11-17/h1-13,29,32-33,40-44,46-60H,14H2. The molecule has 9 rings (SSSR count). The number of ether oxygens (including phenoxy) is 3. The molecular formula is C45H38O18. The Morgan fingerprint density at radius 3 is 1.33 bits per heavy atom. The Bertz CT molecular complexity index is 2800. The minimum absolute atomic E-state index is 0.0834. The predicted molar refractivity (Wildman–Crippen MR) is 214 cm³/mol. The Hall–Kier alpha value is -7.80. The van der Waals surface area contributed by atoms with Gasteiger partial charge in [0.1, 0.15) is 58.6 Å². The minimum Gasteiger partial charge on any atom is -0.508 e. The molecule has 0 amide bonds. The minimum atomic E-state index is -1.84. The Labute approximate surface area is 354 Å². The molecule has 0 spiro atoms. The summed E-state index contributed by atoms with van der Waals surface area (Å²) >= 11 is 0. The molecule has 0 saturated carbocycles. The predicted octanol–water partition coefficient (Wildman–Crippen LogP) is 4.44. The number of aliphatic hydroxyl groups is 3. The van der Waals surface area contributed by atoms with Gasteiger partial charge < -0.3 is 90.8 Å². The van der Waals surface area contributed by atoms with E-state index in [1.807, 2.05) is 0 Å². The van der Waals surface area contributed by atoms with E-state index in [0.717, 1.165) is 36.4 Å². The topological polar surface area (TPSA) is 331 Å². The summed E-state index contributed by atoms with van der Waals surface area (Å²) in [5, 5.41) is 165. The second-order valence-electron chi connectivity index (χ2n) is 15.7. The third-order valence-corrected chi connectivity index (χ3v) is 11.8. The van der Waals surface area contributed by atoms with Crippen molar-refractivity contribution >= 4 is 0 Å². The van der Waals surface area contributed by atoms with E-state index in [4.69, 9.17) is 14.2 Å². The van der Waals surface area contributed by atoms with E-state index in [2.05, 4.69) is 0 Å². The van der Waals surface area contributed by atoms with Crippen LogP contribution < -0.4 is 14.2 Å². The van der Waals surface area contributed by atoms with Crippen molar-refractivity contribution in [1.82, 2.24) is 0 Å². The molecule has 6 aromatic carbocycles. The Morgan fingerprint density at radius 1 is 0.397 bits per heavy atom. The van der Waals surface area contributed by atoms with E-state index >= 15 is 0 Å². The lowest BCUT2D eigenvalue weighted by atomic mass is 9.73. The molecule has 0 aromatic heterocycles. The normalized spacial score (nSPS) is 23.6. The second-order valence-corrected chi connectivity index (χ2v) is 15.7. The smallest absolute Gasteiger partial charge is 0.200 e. The number of aliphatic hydroxyl groups excluding tert-OH is 3. The molecule has 6 aromatic rings. The van der Waals surface area contributed by atoms with Crippen LogP contribution in [0.25, 0.3) is 0 Å². The van der Waals surface area contributed by atoms with Gasteiger partial charge in [0.15, 0.2) is 58.2 Å². The van der Waals surface area contributed by atoms with Crippen LogP contribution in [0, 0.1) is 0 Å². The van der Waals surface area contributed by atoms with E-state index in [1.165, 1.54) is 42.5 Å². The zero-order valence-electron chi connectivity index (χ0n) is 32.3. The molecule has 0 radical (unpaired) electrons. The van der Waals surface area contributed by atoms with Gasteiger partial charge in [0.2, 0.25) is 0 Å². The maximum absolute atomic E-state index is 12.9. The summed E-state index contributed by atoms with van der Waals surface area (Å²) in [5.41, 5.74) is -0.716. The highest BCUT2D eigenvalue weighted by atomic mass is 16.5. The van der Waals surface area contributed by atoms with Gasteiger partial charge in [-0.3, -0.25) is 0 Å². The van der Waals surface area contributed by atoms with E-state index < -0.39 is 118 Å². The molecule has 0 bridgehead atoms. The first-order valence-corrected chi connectivity index (χ1v) is 19.3. The van der Waals surface area contributed by atoms with Gasteiger partial charge in [0.05, 0.1) is 6.10 Å². The summed E-state index contributed by atoms with van der Waals surface area (Å²) in [6.07, 6.45) is -10.1. The Balaban J connectivity index is 1.32. The summed E-state index contributed by atoms with van der Waals surface area (Å²) in [4.78, 5) is 0. The number of phenols is 12. The van der Waals surface area contributed by atoms with Crippen molar-refractivity contribution in [1.29, 1.82) is 0 Å². The molecule has 0 fully saturated rings. The molecule has 8 unspecified atom stereocenters. The lowest BCUT2D eigenvalue weighted by molar-refractivity contribution is 0.000294. The van der Waals surface area contributed by atoms with Crippen molar-refractivity contribution in [2.45, 2.75) is 54.9 Å². The zero-order chi connectivity index (χ0) is 44.9. The van der Waals surface area contributed by atoms with Crippen molar-refractivity contribution in [3.8, 4) is 86.2 Å². The van der Waals surface area contributed by atoms with E-state index in [0.29, 0.717) is 0 Å². The van der Waals surface area contributed by atoms with E-state index in [-0.39, 0.29) is 67.7 Å². The van der Waals surface area contributed by atoms with Crippen LogP contribution in [0.2, 0.25) is 0 Å². The highest BCUT2D eigenvalue weighted by molar-refractivity contribution is 5.70. The number of aromatic hydroxyl groups is 12. The number of hydrogen-bond acceptors (Lipinski definition) is 18. The van der Waals surface area contributed by atoms with Gasteiger partial charge in [0, 0.05) is 69.3 Å². The molecular weight excluding hydrogens is 828 g/mol. The quantitative estimate of drug-likeness (QED) is 0.106. The Kier molecular flexibility index (Phi) is 9.46. The van der Waals surface area contributed by atoms with Crippen molar-refractivity contribution in [3.05, 3.63) is 123 Å². The fourth-order valence-corrected chi connectivity index (χ4v) is 8.89. The average Bonchev–Trinajstić information content (AvgIpc) is 3.23. The monoisotopic (exact) mass is 866 g/mol. The van der Waals surface area contributed by atoms with Crippen molar-refractivity contribution in [2.24, 2.45) is 0 Å². The largest absolute Gasteiger partial charge is 0.508 e. The summed E-state index contributed by atoms with van der Waals surface area (Å²) in [7, 11) is 0. The van der Waals surface area contributed by atoms with Gasteiger partial charge in [-0.1, -0.05) is 18.2 Å². The van der Waals surface area contributed by atoms with Crippen LogP contribution in [-0.4, -0.2) is 94.9 Å². The second kappa shape index (κ2) is 14.7. The summed E-state index contributed by atoms with van der Waals surface area (Å²) in [6, 6.07) is 15.2. The van der Waals surface area contributed by atoms with Gasteiger partial charge >= 0.3 is 0 Å². The molecule has 3 heterocycles. The zero-order valence-corrected chi connectivity index (χ0v) is 32.3. The molecule has 326 valence electrons. The highest BCUT2D eigenvalue weighted by Crippen LogP contribution is 2.61. The first kappa shape index (κ1) is 40.6. The number of hydrogen-bond donors (Lipinski definition) is 15. The molecule has 18 heteroatoms. The molecule has 8 atom stereocenters. The fraction of sp³-hybridized carbons (Fsp3) is 0.200. The average molecular weight is 867 g/mol. The van der Waals surface area contributed by atoms with Gasteiger partial charge in [-0.05, 0) is 54.1 Å². The van der Waals surface area contributed by atoms with Gasteiger partial charge in [-0.15, -0.1) is 0 Å². The van der Waals surface area contributed by atoms with Crippen molar-refractivity contribution in [2.75, 3.05) is 0 Å². The third kappa shape index (κ3) is 6.46.